The molecule has 2 rings (SSSR count). The zero-order valence-electron chi connectivity index (χ0n) is 8.94. The zero-order valence-corrected chi connectivity index (χ0v) is 9.76. The standard InChI is InChI=1S/C10H15N3O2S/c16-10(11-8-9-2-1-5-15-9)12-13-3-6-14-7-4-13/h1-2,5H,3-4,6-8H2,(H2,11,12,16). The third-order valence-electron chi connectivity index (χ3n) is 2.27. The van der Waals surface area contributed by atoms with E-state index >= 15 is 0 Å². The lowest BCUT2D eigenvalue weighted by Crippen LogP contribution is -2.51. The Morgan fingerprint density at radius 3 is 2.94 bits per heavy atom. The molecule has 0 spiro atoms. The van der Waals surface area contributed by atoms with Crippen molar-refractivity contribution < 1.29 is 9.15 Å². The summed E-state index contributed by atoms with van der Waals surface area (Å²) in [4.78, 5) is 0. The van der Waals surface area contributed by atoms with Crippen LogP contribution in [0, 0.1) is 0 Å². The number of ether oxygens (including phenoxy) is 1. The van der Waals surface area contributed by atoms with Crippen LogP contribution in [0.3, 0.4) is 0 Å². The number of hydrogen-bond donors (Lipinski definition) is 2. The molecule has 0 unspecified atom stereocenters. The van der Waals surface area contributed by atoms with E-state index in [1.807, 2.05) is 17.1 Å². The van der Waals surface area contributed by atoms with Gasteiger partial charge in [0.15, 0.2) is 5.11 Å². The predicted molar refractivity (Wildman–Crippen MR) is 63.7 cm³/mol. The third kappa shape index (κ3) is 3.48. The van der Waals surface area contributed by atoms with E-state index in [1.165, 1.54) is 0 Å². The zero-order chi connectivity index (χ0) is 11.2. The molecule has 0 atom stereocenters. The Balaban J connectivity index is 1.67. The fraction of sp³-hybridized carbons (Fsp3) is 0.500. The molecule has 88 valence electrons. The molecule has 6 heteroatoms. The van der Waals surface area contributed by atoms with Gasteiger partial charge in [0.25, 0.3) is 0 Å². The topological polar surface area (TPSA) is 49.7 Å². The van der Waals surface area contributed by atoms with Crippen LogP contribution in [-0.2, 0) is 11.3 Å². The predicted octanol–water partition coefficient (Wildman–Crippen LogP) is 0.491. The fourth-order valence-corrected chi connectivity index (χ4v) is 1.64. The second kappa shape index (κ2) is 5.83. The molecule has 1 saturated heterocycles. The van der Waals surface area contributed by atoms with Gasteiger partial charge in [0.2, 0.25) is 0 Å². The van der Waals surface area contributed by atoms with Crippen molar-refractivity contribution in [2.24, 2.45) is 0 Å². The first-order valence-corrected chi connectivity index (χ1v) is 5.65. The molecule has 2 heterocycles. The second-order valence-electron chi connectivity index (χ2n) is 3.47. The van der Waals surface area contributed by atoms with Crippen LogP contribution in [0.4, 0.5) is 0 Å². The Bertz CT molecular complexity index is 323. The lowest BCUT2D eigenvalue weighted by Gasteiger charge is -2.28. The molecule has 1 aliphatic heterocycles. The molecule has 0 amide bonds. The molecule has 1 aromatic heterocycles. The minimum Gasteiger partial charge on any atom is -0.467 e. The number of nitrogens with one attached hydrogen (secondary N) is 2. The molecular formula is C10H15N3O2S. The summed E-state index contributed by atoms with van der Waals surface area (Å²) in [6, 6.07) is 3.76. The molecule has 1 aromatic rings. The van der Waals surface area contributed by atoms with Gasteiger partial charge in [0.05, 0.1) is 26.0 Å². The van der Waals surface area contributed by atoms with Gasteiger partial charge in [-0.1, -0.05) is 0 Å². The van der Waals surface area contributed by atoms with Crippen LogP contribution in [0.15, 0.2) is 22.8 Å². The van der Waals surface area contributed by atoms with Crippen LogP contribution >= 0.6 is 12.2 Å². The van der Waals surface area contributed by atoms with E-state index in [-0.39, 0.29) is 0 Å². The van der Waals surface area contributed by atoms with Gasteiger partial charge < -0.3 is 14.5 Å². The molecule has 2 N–H and O–H groups in total. The van der Waals surface area contributed by atoms with Crippen molar-refractivity contribution in [2.45, 2.75) is 6.54 Å². The highest BCUT2D eigenvalue weighted by Gasteiger charge is 2.10. The minimum absolute atomic E-state index is 0.600. The summed E-state index contributed by atoms with van der Waals surface area (Å²) < 4.78 is 10.4. The lowest BCUT2D eigenvalue weighted by atomic mass is 10.4. The number of thiocarbonyl (C=S) groups is 1. The van der Waals surface area contributed by atoms with Crippen LogP contribution in [0.1, 0.15) is 5.76 Å². The average molecular weight is 241 g/mol. The first-order valence-electron chi connectivity index (χ1n) is 5.24. The summed E-state index contributed by atoms with van der Waals surface area (Å²) in [5.74, 6) is 0.867. The van der Waals surface area contributed by atoms with Gasteiger partial charge in [-0.2, -0.15) is 0 Å². The average Bonchev–Trinajstić information content (AvgIpc) is 2.81. The smallest absolute Gasteiger partial charge is 0.181 e. The molecule has 1 fully saturated rings. The van der Waals surface area contributed by atoms with E-state index in [4.69, 9.17) is 21.4 Å². The van der Waals surface area contributed by atoms with E-state index in [9.17, 15) is 0 Å². The van der Waals surface area contributed by atoms with Crippen molar-refractivity contribution in [3.05, 3.63) is 24.2 Å². The quantitative estimate of drug-likeness (QED) is 0.751. The van der Waals surface area contributed by atoms with Crippen molar-refractivity contribution in [1.82, 2.24) is 15.8 Å². The molecule has 0 radical (unpaired) electrons. The van der Waals surface area contributed by atoms with Crippen molar-refractivity contribution in [3.8, 4) is 0 Å². The van der Waals surface area contributed by atoms with Crippen LogP contribution in [-0.4, -0.2) is 36.4 Å². The Kier molecular flexibility index (Phi) is 4.15. The molecular weight excluding hydrogens is 226 g/mol. The summed E-state index contributed by atoms with van der Waals surface area (Å²) in [5.41, 5.74) is 3.11. The third-order valence-corrected chi connectivity index (χ3v) is 2.51. The molecule has 0 bridgehead atoms. The van der Waals surface area contributed by atoms with E-state index in [0.29, 0.717) is 11.7 Å². The molecule has 1 aliphatic rings. The first-order chi connectivity index (χ1) is 7.84. The van der Waals surface area contributed by atoms with E-state index in [0.717, 1.165) is 32.1 Å². The van der Waals surface area contributed by atoms with Gasteiger partial charge in [0, 0.05) is 13.1 Å². The SMILES string of the molecule is S=C(NCc1ccco1)NN1CCOCC1. The van der Waals surface area contributed by atoms with Crippen LogP contribution in [0.2, 0.25) is 0 Å². The Labute approximate surface area is 99.7 Å². The number of nitrogens with zero attached hydrogens (tertiary/aromatic N) is 1. The Hall–Kier alpha value is -1.11. The highest BCUT2D eigenvalue weighted by molar-refractivity contribution is 7.80. The van der Waals surface area contributed by atoms with E-state index < -0.39 is 0 Å². The number of furan rings is 1. The maximum Gasteiger partial charge on any atom is 0.181 e. The highest BCUT2D eigenvalue weighted by atomic mass is 32.1. The Morgan fingerprint density at radius 1 is 1.44 bits per heavy atom. The van der Waals surface area contributed by atoms with Gasteiger partial charge in [-0.25, -0.2) is 5.01 Å². The van der Waals surface area contributed by atoms with Gasteiger partial charge >= 0.3 is 0 Å². The Morgan fingerprint density at radius 2 is 2.25 bits per heavy atom. The van der Waals surface area contributed by atoms with Crippen molar-refractivity contribution in [3.63, 3.8) is 0 Å². The maximum absolute atomic E-state index is 5.24. The number of rotatable bonds is 3. The first kappa shape index (κ1) is 11.4. The van der Waals surface area contributed by atoms with Gasteiger partial charge in [-0.3, -0.25) is 5.43 Å². The molecule has 0 saturated carbocycles. The van der Waals surface area contributed by atoms with Crippen molar-refractivity contribution in [2.75, 3.05) is 26.3 Å². The summed E-state index contributed by atoms with van der Waals surface area (Å²) in [6.07, 6.45) is 1.65. The summed E-state index contributed by atoms with van der Waals surface area (Å²) in [5, 5.41) is 5.73. The van der Waals surface area contributed by atoms with Gasteiger partial charge in [-0.15, -0.1) is 0 Å². The second-order valence-corrected chi connectivity index (χ2v) is 3.88. The minimum atomic E-state index is 0.600. The largest absolute Gasteiger partial charge is 0.467 e. The maximum atomic E-state index is 5.24. The summed E-state index contributed by atoms with van der Waals surface area (Å²) in [7, 11) is 0. The van der Waals surface area contributed by atoms with E-state index in [1.54, 1.807) is 6.26 Å². The normalized spacial score (nSPS) is 17.0. The van der Waals surface area contributed by atoms with E-state index in [2.05, 4.69) is 10.7 Å². The molecule has 0 aliphatic carbocycles. The monoisotopic (exact) mass is 241 g/mol. The van der Waals surface area contributed by atoms with Gasteiger partial charge in [0.1, 0.15) is 5.76 Å². The van der Waals surface area contributed by atoms with Gasteiger partial charge in [-0.05, 0) is 24.4 Å². The molecule has 0 aromatic carbocycles. The lowest BCUT2D eigenvalue weighted by molar-refractivity contribution is 0.0246. The number of morpholine rings is 1. The summed E-state index contributed by atoms with van der Waals surface area (Å²) in [6.45, 7) is 3.79. The van der Waals surface area contributed by atoms with Crippen LogP contribution in [0.25, 0.3) is 0 Å². The van der Waals surface area contributed by atoms with Crippen LogP contribution < -0.4 is 10.7 Å². The fourth-order valence-electron chi connectivity index (χ4n) is 1.44. The van der Waals surface area contributed by atoms with Crippen LogP contribution in [0.5, 0.6) is 0 Å². The number of hydrazine groups is 1. The highest BCUT2D eigenvalue weighted by Crippen LogP contribution is 1.98. The summed E-state index contributed by atoms with van der Waals surface area (Å²) >= 11 is 5.16. The molecule has 16 heavy (non-hydrogen) atoms. The molecule has 5 nitrogen and oxygen atoms in total. The number of hydrogen-bond acceptors (Lipinski definition) is 4. The van der Waals surface area contributed by atoms with Crippen molar-refractivity contribution >= 4 is 17.3 Å². The van der Waals surface area contributed by atoms with Crippen molar-refractivity contribution in [1.29, 1.82) is 0 Å².